The second-order valence-corrected chi connectivity index (χ2v) is 8.86. The quantitative estimate of drug-likeness (QED) is 0.617. The van der Waals surface area contributed by atoms with E-state index >= 15 is 0 Å². The standard InChI is InChI=1S/C18H17FN4O3S2/c1-3-23(15-9-4-6-12(2)10-15)28(25,26)18-22-21-17(27-18)20-16(24)13-7-5-8-14(19)11-13/h4-11H,3H2,1-2H3,(H,20,21,24). The average Bonchev–Trinajstić information content (AvgIpc) is 3.11. The smallest absolute Gasteiger partial charge is 0.293 e. The van der Waals surface area contributed by atoms with Gasteiger partial charge in [0.2, 0.25) is 5.13 Å². The first kappa shape index (κ1) is 19.9. The number of hydrogen-bond acceptors (Lipinski definition) is 6. The molecule has 28 heavy (non-hydrogen) atoms. The van der Waals surface area contributed by atoms with Gasteiger partial charge in [0.1, 0.15) is 5.82 Å². The van der Waals surface area contributed by atoms with E-state index in [9.17, 15) is 17.6 Å². The third-order valence-electron chi connectivity index (χ3n) is 3.80. The molecule has 0 aliphatic heterocycles. The Morgan fingerprint density at radius 2 is 1.93 bits per heavy atom. The second kappa shape index (κ2) is 8.03. The molecule has 1 N–H and O–H groups in total. The summed E-state index contributed by atoms with van der Waals surface area (Å²) in [5.41, 5.74) is 1.53. The molecular formula is C18H17FN4O3S2. The number of halogens is 1. The summed E-state index contributed by atoms with van der Waals surface area (Å²) in [6.45, 7) is 3.79. The van der Waals surface area contributed by atoms with Crippen LogP contribution in [0.5, 0.6) is 0 Å². The summed E-state index contributed by atoms with van der Waals surface area (Å²) >= 11 is 0.732. The Bertz CT molecular complexity index is 1120. The highest BCUT2D eigenvalue weighted by atomic mass is 32.2. The number of nitrogens with one attached hydrogen (secondary N) is 1. The fourth-order valence-electron chi connectivity index (χ4n) is 2.53. The highest BCUT2D eigenvalue weighted by Crippen LogP contribution is 2.28. The van der Waals surface area contributed by atoms with E-state index in [2.05, 4.69) is 15.5 Å². The van der Waals surface area contributed by atoms with Gasteiger partial charge in [-0.2, -0.15) is 8.42 Å². The molecule has 1 aromatic heterocycles. The number of benzene rings is 2. The molecule has 0 unspecified atom stereocenters. The summed E-state index contributed by atoms with van der Waals surface area (Å²) in [6, 6.07) is 12.2. The summed E-state index contributed by atoms with van der Waals surface area (Å²) < 4.78 is 40.2. The van der Waals surface area contributed by atoms with Crippen LogP contribution >= 0.6 is 11.3 Å². The topological polar surface area (TPSA) is 92.3 Å². The Labute approximate surface area is 165 Å². The molecule has 0 atom stereocenters. The van der Waals surface area contributed by atoms with Crippen molar-refractivity contribution in [1.29, 1.82) is 0 Å². The van der Waals surface area contributed by atoms with E-state index in [-0.39, 0.29) is 21.6 Å². The van der Waals surface area contributed by atoms with Crippen molar-refractivity contribution in [1.82, 2.24) is 10.2 Å². The minimum Gasteiger partial charge on any atom is -0.296 e. The molecule has 146 valence electrons. The second-order valence-electron chi connectivity index (χ2n) is 5.85. The average molecular weight is 420 g/mol. The number of aryl methyl sites for hydroxylation is 1. The van der Waals surface area contributed by atoms with Crippen LogP contribution in [0.4, 0.5) is 15.2 Å². The minimum absolute atomic E-state index is 0.00753. The first-order valence-electron chi connectivity index (χ1n) is 8.31. The molecule has 0 aliphatic rings. The number of aromatic nitrogens is 2. The first-order chi connectivity index (χ1) is 13.3. The minimum atomic E-state index is -3.94. The molecule has 10 heteroatoms. The van der Waals surface area contributed by atoms with Gasteiger partial charge in [-0.05, 0) is 49.7 Å². The van der Waals surface area contributed by atoms with Gasteiger partial charge < -0.3 is 0 Å². The zero-order valence-corrected chi connectivity index (χ0v) is 16.7. The lowest BCUT2D eigenvalue weighted by Gasteiger charge is -2.21. The van der Waals surface area contributed by atoms with Gasteiger partial charge in [-0.3, -0.25) is 14.4 Å². The highest BCUT2D eigenvalue weighted by Gasteiger charge is 2.28. The van der Waals surface area contributed by atoms with Crippen molar-refractivity contribution in [3.05, 3.63) is 65.5 Å². The van der Waals surface area contributed by atoms with Gasteiger partial charge >= 0.3 is 0 Å². The van der Waals surface area contributed by atoms with Crippen LogP contribution in [0.15, 0.2) is 52.9 Å². The lowest BCUT2D eigenvalue weighted by atomic mass is 10.2. The molecule has 3 rings (SSSR count). The van der Waals surface area contributed by atoms with E-state index in [1.54, 1.807) is 25.1 Å². The zero-order chi connectivity index (χ0) is 20.3. The number of carbonyl (C=O) groups is 1. The largest absolute Gasteiger partial charge is 0.296 e. The third kappa shape index (κ3) is 4.18. The molecule has 1 heterocycles. The van der Waals surface area contributed by atoms with Gasteiger partial charge in [-0.1, -0.05) is 29.5 Å². The van der Waals surface area contributed by atoms with Gasteiger partial charge in [-0.25, -0.2) is 4.39 Å². The normalized spacial score (nSPS) is 11.2. The van der Waals surface area contributed by atoms with Crippen LogP contribution in [-0.4, -0.2) is 31.1 Å². The number of hydrogen-bond donors (Lipinski definition) is 1. The van der Waals surface area contributed by atoms with E-state index in [0.717, 1.165) is 23.0 Å². The van der Waals surface area contributed by atoms with Gasteiger partial charge in [0.15, 0.2) is 0 Å². The predicted octanol–water partition coefficient (Wildman–Crippen LogP) is 3.45. The van der Waals surface area contributed by atoms with E-state index < -0.39 is 21.7 Å². The van der Waals surface area contributed by atoms with Crippen LogP contribution < -0.4 is 9.62 Å². The maximum Gasteiger partial charge on any atom is 0.293 e. The number of carbonyl (C=O) groups excluding carboxylic acids is 1. The lowest BCUT2D eigenvalue weighted by molar-refractivity contribution is 0.102. The summed E-state index contributed by atoms with van der Waals surface area (Å²) in [5.74, 6) is -1.16. The predicted molar refractivity (Wildman–Crippen MR) is 106 cm³/mol. The Balaban J connectivity index is 1.84. The molecule has 0 aliphatic carbocycles. The van der Waals surface area contributed by atoms with Crippen LogP contribution in [-0.2, 0) is 10.0 Å². The Kier molecular flexibility index (Phi) is 5.71. The van der Waals surface area contributed by atoms with Crippen LogP contribution in [0.2, 0.25) is 0 Å². The van der Waals surface area contributed by atoms with E-state index in [1.165, 1.54) is 22.5 Å². The van der Waals surface area contributed by atoms with Crippen molar-refractivity contribution in [3.8, 4) is 0 Å². The summed E-state index contributed by atoms with van der Waals surface area (Å²) in [7, 11) is -3.94. The molecule has 1 amide bonds. The first-order valence-corrected chi connectivity index (χ1v) is 10.6. The van der Waals surface area contributed by atoms with Gasteiger partial charge in [0.25, 0.3) is 20.3 Å². The van der Waals surface area contributed by atoms with Crippen molar-refractivity contribution < 1.29 is 17.6 Å². The van der Waals surface area contributed by atoms with Crippen LogP contribution in [0, 0.1) is 12.7 Å². The van der Waals surface area contributed by atoms with Crippen molar-refractivity contribution in [2.24, 2.45) is 0 Å². The molecule has 0 saturated carbocycles. The monoisotopic (exact) mass is 420 g/mol. The number of nitrogens with zero attached hydrogens (tertiary/aromatic N) is 3. The zero-order valence-electron chi connectivity index (χ0n) is 15.1. The van der Waals surface area contributed by atoms with Crippen molar-refractivity contribution >= 4 is 38.1 Å². The number of amides is 1. The summed E-state index contributed by atoms with van der Waals surface area (Å²) in [6.07, 6.45) is 0. The third-order valence-corrected chi connectivity index (χ3v) is 6.89. The van der Waals surface area contributed by atoms with Crippen LogP contribution in [0.3, 0.4) is 0 Å². The van der Waals surface area contributed by atoms with Crippen molar-refractivity contribution in [2.45, 2.75) is 18.2 Å². The molecule has 0 saturated heterocycles. The number of rotatable bonds is 6. The van der Waals surface area contributed by atoms with Crippen molar-refractivity contribution in [2.75, 3.05) is 16.2 Å². The maximum atomic E-state index is 13.3. The highest BCUT2D eigenvalue weighted by molar-refractivity contribution is 7.94. The Morgan fingerprint density at radius 1 is 1.18 bits per heavy atom. The molecule has 0 bridgehead atoms. The van der Waals surface area contributed by atoms with E-state index in [4.69, 9.17) is 0 Å². The Morgan fingerprint density at radius 3 is 2.61 bits per heavy atom. The van der Waals surface area contributed by atoms with Crippen LogP contribution in [0.25, 0.3) is 0 Å². The molecule has 7 nitrogen and oxygen atoms in total. The summed E-state index contributed by atoms with van der Waals surface area (Å²) in [5, 5.41) is 9.90. The van der Waals surface area contributed by atoms with Gasteiger partial charge in [0, 0.05) is 12.1 Å². The fourth-order valence-corrected chi connectivity index (χ4v) is 5.00. The molecule has 0 spiro atoms. The molecule has 3 aromatic rings. The molecule has 0 radical (unpaired) electrons. The van der Waals surface area contributed by atoms with E-state index in [1.807, 2.05) is 13.0 Å². The molecule has 0 fully saturated rings. The van der Waals surface area contributed by atoms with Crippen molar-refractivity contribution in [3.63, 3.8) is 0 Å². The maximum absolute atomic E-state index is 13.3. The van der Waals surface area contributed by atoms with Gasteiger partial charge in [-0.15, -0.1) is 10.2 Å². The fraction of sp³-hybridized carbons (Fsp3) is 0.167. The summed E-state index contributed by atoms with van der Waals surface area (Å²) in [4.78, 5) is 12.2. The SMILES string of the molecule is CCN(c1cccc(C)c1)S(=O)(=O)c1nnc(NC(=O)c2cccc(F)c2)s1. The molecule has 2 aromatic carbocycles. The number of anilines is 2. The van der Waals surface area contributed by atoms with E-state index in [0.29, 0.717) is 5.69 Å². The lowest BCUT2D eigenvalue weighted by Crippen LogP contribution is -2.30. The Hall–Kier alpha value is -2.85. The van der Waals surface area contributed by atoms with Crippen LogP contribution in [0.1, 0.15) is 22.8 Å². The molecular weight excluding hydrogens is 403 g/mol. The van der Waals surface area contributed by atoms with Gasteiger partial charge in [0.05, 0.1) is 5.69 Å². The number of sulfonamides is 1.